The third-order valence-electron chi connectivity index (χ3n) is 2.37. The number of benzene rings is 1. The Morgan fingerprint density at radius 3 is 2.74 bits per heavy atom. The van der Waals surface area contributed by atoms with Gasteiger partial charge in [0.25, 0.3) is 0 Å². The molecule has 0 saturated carbocycles. The molecule has 2 amide bonds. The summed E-state index contributed by atoms with van der Waals surface area (Å²) in [6, 6.07) is 7.29. The molecule has 6 heteroatoms. The molecule has 0 aliphatic rings. The predicted octanol–water partition coefficient (Wildman–Crippen LogP) is 1.24. The molecule has 104 valence electrons. The van der Waals surface area contributed by atoms with Gasteiger partial charge in [0.15, 0.2) is 0 Å². The number of carbonyl (C=O) groups excluding carboxylic acids is 2. The molecular formula is C13H17ClN2O3. The van der Waals surface area contributed by atoms with Crippen molar-refractivity contribution in [1.82, 2.24) is 5.32 Å². The third-order valence-corrected chi connectivity index (χ3v) is 2.74. The average molecular weight is 285 g/mol. The minimum atomic E-state index is -0.371. The molecule has 0 heterocycles. The fourth-order valence-electron chi connectivity index (χ4n) is 1.41. The summed E-state index contributed by atoms with van der Waals surface area (Å²) < 4.78 is 5.25. The van der Waals surface area contributed by atoms with Crippen LogP contribution in [0.3, 0.4) is 0 Å². The highest BCUT2D eigenvalue weighted by Crippen LogP contribution is 2.15. The molecule has 1 aromatic carbocycles. The summed E-state index contributed by atoms with van der Waals surface area (Å²) in [6.07, 6.45) is 0.798. The van der Waals surface area contributed by atoms with Crippen LogP contribution in [-0.4, -0.2) is 25.0 Å². The van der Waals surface area contributed by atoms with Gasteiger partial charge >= 0.3 is 0 Å². The van der Waals surface area contributed by atoms with E-state index in [1.165, 1.54) is 0 Å². The number of nitrogens with two attached hydrogens (primary N) is 1. The molecule has 1 aromatic rings. The van der Waals surface area contributed by atoms with Crippen LogP contribution in [-0.2, 0) is 20.9 Å². The lowest BCUT2D eigenvalue weighted by Gasteiger charge is -2.07. The molecular weight excluding hydrogens is 268 g/mol. The number of ether oxygens (including phenoxy) is 1. The van der Waals surface area contributed by atoms with Gasteiger partial charge in [-0.05, 0) is 18.1 Å². The van der Waals surface area contributed by atoms with E-state index in [1.54, 1.807) is 6.07 Å². The van der Waals surface area contributed by atoms with E-state index in [9.17, 15) is 9.59 Å². The number of hydrogen-bond donors (Lipinski definition) is 2. The Kier molecular flexibility index (Phi) is 6.92. The Morgan fingerprint density at radius 2 is 2.05 bits per heavy atom. The quantitative estimate of drug-likeness (QED) is 0.705. The van der Waals surface area contributed by atoms with Gasteiger partial charge in [0.1, 0.15) is 6.61 Å². The second kappa shape index (κ2) is 8.50. The number of primary amides is 1. The molecule has 0 fully saturated rings. The molecule has 0 unspecified atom stereocenters. The first kappa shape index (κ1) is 15.5. The Bertz CT molecular complexity index is 438. The molecule has 1 rings (SSSR count). The Hall–Kier alpha value is -1.59. The van der Waals surface area contributed by atoms with Gasteiger partial charge in [-0.2, -0.15) is 0 Å². The van der Waals surface area contributed by atoms with Gasteiger partial charge < -0.3 is 15.8 Å². The molecule has 0 radical (unpaired) electrons. The Balaban J connectivity index is 2.14. The minimum absolute atomic E-state index is 0.0399. The first-order valence-corrected chi connectivity index (χ1v) is 6.33. The van der Waals surface area contributed by atoms with Gasteiger partial charge in [-0.15, -0.1) is 0 Å². The maximum absolute atomic E-state index is 11.4. The summed E-state index contributed by atoms with van der Waals surface area (Å²) in [4.78, 5) is 21.9. The molecule has 0 atom stereocenters. The molecule has 0 aliphatic carbocycles. The van der Waals surface area contributed by atoms with E-state index in [4.69, 9.17) is 22.1 Å². The van der Waals surface area contributed by atoms with Crippen molar-refractivity contribution in [2.75, 3.05) is 13.2 Å². The monoisotopic (exact) mass is 284 g/mol. The van der Waals surface area contributed by atoms with Crippen LogP contribution in [0.5, 0.6) is 0 Å². The lowest BCUT2D eigenvalue weighted by molar-refractivity contribution is -0.126. The van der Waals surface area contributed by atoms with Crippen LogP contribution in [0.15, 0.2) is 24.3 Å². The van der Waals surface area contributed by atoms with Gasteiger partial charge in [0.05, 0.1) is 6.61 Å². The van der Waals surface area contributed by atoms with Gasteiger partial charge in [0.2, 0.25) is 11.8 Å². The van der Waals surface area contributed by atoms with E-state index in [2.05, 4.69) is 5.32 Å². The molecule has 5 nitrogen and oxygen atoms in total. The standard InChI is InChI=1S/C13H17ClN2O3/c14-11-5-2-1-4-10(11)8-19-9-13(18)16-7-3-6-12(15)17/h1-2,4-5H,3,6-9H2,(H2,15,17)(H,16,18). The van der Waals surface area contributed by atoms with Crippen molar-refractivity contribution in [3.8, 4) is 0 Å². The zero-order chi connectivity index (χ0) is 14.1. The molecule has 0 aliphatic heterocycles. The SMILES string of the molecule is NC(=O)CCCNC(=O)COCc1ccccc1Cl. The lowest BCUT2D eigenvalue weighted by atomic mass is 10.2. The topological polar surface area (TPSA) is 81.4 Å². The van der Waals surface area contributed by atoms with E-state index in [0.29, 0.717) is 18.0 Å². The van der Waals surface area contributed by atoms with Crippen molar-refractivity contribution in [3.63, 3.8) is 0 Å². The maximum Gasteiger partial charge on any atom is 0.246 e. The van der Waals surface area contributed by atoms with Crippen molar-refractivity contribution in [2.45, 2.75) is 19.4 Å². The average Bonchev–Trinajstić information content (AvgIpc) is 2.37. The Morgan fingerprint density at radius 1 is 1.32 bits per heavy atom. The fourth-order valence-corrected chi connectivity index (χ4v) is 1.60. The largest absolute Gasteiger partial charge is 0.370 e. The number of carbonyl (C=O) groups is 2. The Labute approximate surface area is 117 Å². The normalized spacial score (nSPS) is 10.2. The molecule has 0 spiro atoms. The number of nitrogens with one attached hydrogen (secondary N) is 1. The molecule has 0 bridgehead atoms. The molecule has 0 aromatic heterocycles. The summed E-state index contributed by atoms with van der Waals surface area (Å²) in [5.41, 5.74) is 5.82. The van der Waals surface area contributed by atoms with Gasteiger partial charge in [-0.25, -0.2) is 0 Å². The summed E-state index contributed by atoms with van der Waals surface area (Å²) in [6.45, 7) is 0.660. The number of rotatable bonds is 8. The second-order valence-corrected chi connectivity index (χ2v) is 4.41. The first-order chi connectivity index (χ1) is 9.09. The van der Waals surface area contributed by atoms with E-state index in [1.807, 2.05) is 18.2 Å². The van der Waals surface area contributed by atoms with Crippen LogP contribution in [0.25, 0.3) is 0 Å². The highest BCUT2D eigenvalue weighted by atomic mass is 35.5. The van der Waals surface area contributed by atoms with Crippen LogP contribution in [0.1, 0.15) is 18.4 Å². The van der Waals surface area contributed by atoms with E-state index >= 15 is 0 Å². The van der Waals surface area contributed by atoms with Gasteiger partial charge in [-0.1, -0.05) is 29.8 Å². The van der Waals surface area contributed by atoms with Crippen LogP contribution < -0.4 is 11.1 Å². The predicted molar refractivity (Wildman–Crippen MR) is 72.5 cm³/mol. The first-order valence-electron chi connectivity index (χ1n) is 5.95. The van der Waals surface area contributed by atoms with Crippen molar-refractivity contribution in [2.24, 2.45) is 5.73 Å². The second-order valence-electron chi connectivity index (χ2n) is 4.00. The fraction of sp³-hybridized carbons (Fsp3) is 0.385. The highest BCUT2D eigenvalue weighted by Gasteiger charge is 2.03. The number of amides is 2. The van der Waals surface area contributed by atoms with Crippen molar-refractivity contribution < 1.29 is 14.3 Å². The van der Waals surface area contributed by atoms with E-state index in [-0.39, 0.29) is 31.4 Å². The molecule has 0 saturated heterocycles. The summed E-state index contributed by atoms with van der Waals surface area (Å²) in [7, 11) is 0. The maximum atomic E-state index is 11.4. The highest BCUT2D eigenvalue weighted by molar-refractivity contribution is 6.31. The van der Waals surface area contributed by atoms with Crippen molar-refractivity contribution >= 4 is 23.4 Å². The minimum Gasteiger partial charge on any atom is -0.370 e. The smallest absolute Gasteiger partial charge is 0.246 e. The van der Waals surface area contributed by atoms with E-state index in [0.717, 1.165) is 5.56 Å². The van der Waals surface area contributed by atoms with Gasteiger partial charge in [0, 0.05) is 18.0 Å². The summed E-state index contributed by atoms with van der Waals surface area (Å²) in [5.74, 6) is -0.597. The third kappa shape index (κ3) is 6.79. The number of hydrogen-bond acceptors (Lipinski definition) is 3. The van der Waals surface area contributed by atoms with Crippen LogP contribution in [0.4, 0.5) is 0 Å². The molecule has 19 heavy (non-hydrogen) atoms. The zero-order valence-corrected chi connectivity index (χ0v) is 11.3. The van der Waals surface area contributed by atoms with E-state index < -0.39 is 0 Å². The van der Waals surface area contributed by atoms with Crippen LogP contribution >= 0.6 is 11.6 Å². The lowest BCUT2D eigenvalue weighted by Crippen LogP contribution is -2.29. The number of halogens is 1. The zero-order valence-electron chi connectivity index (χ0n) is 10.5. The van der Waals surface area contributed by atoms with Crippen LogP contribution in [0, 0.1) is 0 Å². The molecule has 3 N–H and O–H groups in total. The van der Waals surface area contributed by atoms with Crippen molar-refractivity contribution in [1.29, 1.82) is 0 Å². The van der Waals surface area contributed by atoms with Crippen molar-refractivity contribution in [3.05, 3.63) is 34.9 Å². The summed E-state index contributed by atoms with van der Waals surface area (Å²) >= 11 is 5.95. The van der Waals surface area contributed by atoms with Gasteiger partial charge in [-0.3, -0.25) is 9.59 Å². The van der Waals surface area contributed by atoms with Crippen LogP contribution in [0.2, 0.25) is 5.02 Å². The summed E-state index contributed by atoms with van der Waals surface area (Å²) in [5, 5.41) is 3.25.